The van der Waals surface area contributed by atoms with Gasteiger partial charge in [0.2, 0.25) is 0 Å². The maximum Gasteiger partial charge on any atom is 0.417 e. The van der Waals surface area contributed by atoms with E-state index in [1.807, 2.05) is 36.4 Å². The van der Waals surface area contributed by atoms with Crippen LogP contribution >= 0.6 is 0 Å². The van der Waals surface area contributed by atoms with E-state index in [9.17, 15) is 9.59 Å². The van der Waals surface area contributed by atoms with Crippen LogP contribution in [0, 0.1) is 11.8 Å². The second-order valence-corrected chi connectivity index (χ2v) is 8.68. The number of benzene rings is 1. The molecule has 1 aromatic carbocycles. The predicted molar refractivity (Wildman–Crippen MR) is 120 cm³/mol. The molecule has 1 heterocycles. The Bertz CT molecular complexity index is 753. The summed E-state index contributed by atoms with van der Waals surface area (Å²) >= 11 is 0. The van der Waals surface area contributed by atoms with Gasteiger partial charge in [0.25, 0.3) is 5.91 Å². The molecule has 0 N–H and O–H groups in total. The fourth-order valence-corrected chi connectivity index (χ4v) is 4.09. The summed E-state index contributed by atoms with van der Waals surface area (Å²) in [5.74, 6) is 0.304. The average molecular weight is 411 g/mol. The number of amides is 2. The highest BCUT2D eigenvalue weighted by molar-refractivity contribution is 5.99. The topological polar surface area (TPSA) is 59.0 Å². The first kappa shape index (κ1) is 22.3. The molecular formula is C25H34N2O3. The molecule has 1 aliphatic heterocycles. The predicted octanol–water partition coefficient (Wildman–Crippen LogP) is 5.20. The van der Waals surface area contributed by atoms with E-state index in [2.05, 4.69) is 20.1 Å². The maximum atomic E-state index is 12.7. The molecule has 0 bridgehead atoms. The molecule has 1 aliphatic carbocycles. The number of rotatable bonds is 8. The summed E-state index contributed by atoms with van der Waals surface area (Å²) < 4.78 is 5.15. The zero-order valence-electron chi connectivity index (χ0n) is 18.2. The molecule has 3 rings (SSSR count). The van der Waals surface area contributed by atoms with Crippen LogP contribution in [0.1, 0.15) is 57.9 Å². The summed E-state index contributed by atoms with van der Waals surface area (Å²) in [5, 5.41) is 0. The Hall–Kier alpha value is -2.43. The van der Waals surface area contributed by atoms with Crippen LogP contribution in [0.2, 0.25) is 0 Å². The zero-order valence-corrected chi connectivity index (χ0v) is 18.2. The van der Waals surface area contributed by atoms with Gasteiger partial charge in [-0.2, -0.15) is 0 Å². The lowest BCUT2D eigenvalue weighted by Gasteiger charge is -2.19. The summed E-state index contributed by atoms with van der Waals surface area (Å²) in [6, 6.07) is 10.1. The van der Waals surface area contributed by atoms with Crippen molar-refractivity contribution in [3.05, 3.63) is 48.0 Å². The summed E-state index contributed by atoms with van der Waals surface area (Å²) in [7, 11) is 0. The largest absolute Gasteiger partial charge is 0.447 e. The molecule has 3 atom stereocenters. The lowest BCUT2D eigenvalue weighted by molar-refractivity contribution is -0.124. The minimum atomic E-state index is -0.550. The van der Waals surface area contributed by atoms with Crippen molar-refractivity contribution in [3.8, 4) is 0 Å². The molecule has 1 saturated heterocycles. The first-order valence-corrected chi connectivity index (χ1v) is 11.3. The third-order valence-corrected chi connectivity index (χ3v) is 6.32. The van der Waals surface area contributed by atoms with Crippen LogP contribution in [0.4, 0.5) is 4.79 Å². The van der Waals surface area contributed by atoms with Gasteiger partial charge >= 0.3 is 6.09 Å². The Morgan fingerprint density at radius 2 is 1.93 bits per heavy atom. The van der Waals surface area contributed by atoms with Crippen molar-refractivity contribution in [2.75, 3.05) is 6.61 Å². The fourth-order valence-electron chi connectivity index (χ4n) is 4.09. The standard InChI is InChI=1S/C25H34N2O3/c1-19(20(2)15-16-26-22-11-7-4-8-12-22)13-14-24(28)27-23(18-30-25(27)29)17-21-9-5-3-6-10-21/h3,5-6,9-10,13-14,16,19-20,22-23H,4,7-8,11-12,15,17-18H2,1-2H3/b14-13+,26-16?/t19-,20+,23-/m0/s1. The van der Waals surface area contributed by atoms with Gasteiger partial charge in [-0.05, 0) is 55.4 Å². The molecule has 1 aromatic rings. The third-order valence-electron chi connectivity index (χ3n) is 6.32. The number of hydrogen-bond acceptors (Lipinski definition) is 4. The van der Waals surface area contributed by atoms with Gasteiger partial charge < -0.3 is 4.74 Å². The molecule has 2 fully saturated rings. The fraction of sp³-hybridized carbons (Fsp3) is 0.560. The number of carbonyl (C=O) groups is 2. The van der Waals surface area contributed by atoms with Crippen LogP contribution < -0.4 is 0 Å². The second-order valence-electron chi connectivity index (χ2n) is 8.68. The van der Waals surface area contributed by atoms with Gasteiger partial charge in [-0.1, -0.05) is 69.5 Å². The number of aliphatic imine (C=N–C) groups is 1. The van der Waals surface area contributed by atoms with Crippen LogP contribution in [-0.4, -0.2) is 41.8 Å². The first-order chi connectivity index (χ1) is 14.5. The highest BCUT2D eigenvalue weighted by Crippen LogP contribution is 2.22. The number of cyclic esters (lactones) is 1. The molecule has 162 valence electrons. The Morgan fingerprint density at radius 1 is 1.20 bits per heavy atom. The summed E-state index contributed by atoms with van der Waals surface area (Å²) in [6.07, 6.45) is 12.8. The minimum absolute atomic E-state index is 0.220. The van der Waals surface area contributed by atoms with Gasteiger partial charge in [0.1, 0.15) is 6.61 Å². The summed E-state index contributed by atoms with van der Waals surface area (Å²) in [4.78, 5) is 30.8. The normalized spacial score (nSPS) is 22.5. The van der Waals surface area contributed by atoms with Crippen LogP contribution in [0.5, 0.6) is 0 Å². The Labute approximate surface area is 180 Å². The monoisotopic (exact) mass is 410 g/mol. The Balaban J connectivity index is 1.51. The maximum absolute atomic E-state index is 12.7. The van der Waals surface area contributed by atoms with Crippen LogP contribution in [0.25, 0.3) is 0 Å². The lowest BCUT2D eigenvalue weighted by atomic mass is 9.92. The SMILES string of the molecule is C[C@H](CC=NC1CCCCC1)[C@@H](C)/C=C/C(=O)N1C(=O)OC[C@@H]1Cc1ccccc1. The van der Waals surface area contributed by atoms with Crippen molar-refractivity contribution in [2.45, 2.75) is 70.9 Å². The van der Waals surface area contributed by atoms with E-state index in [-0.39, 0.29) is 24.5 Å². The summed E-state index contributed by atoms with van der Waals surface area (Å²) in [5.41, 5.74) is 1.09. The number of allylic oxidation sites excluding steroid dienone is 1. The molecule has 0 radical (unpaired) electrons. The van der Waals surface area contributed by atoms with E-state index >= 15 is 0 Å². The number of hydrogen-bond donors (Lipinski definition) is 0. The smallest absolute Gasteiger partial charge is 0.417 e. The van der Waals surface area contributed by atoms with Gasteiger partial charge in [-0.3, -0.25) is 9.79 Å². The van der Waals surface area contributed by atoms with Crippen molar-refractivity contribution in [1.82, 2.24) is 4.90 Å². The van der Waals surface area contributed by atoms with Gasteiger partial charge in [-0.25, -0.2) is 9.69 Å². The zero-order chi connectivity index (χ0) is 21.3. The van der Waals surface area contributed by atoms with Crippen LogP contribution in [0.3, 0.4) is 0 Å². The molecule has 0 spiro atoms. The van der Waals surface area contributed by atoms with E-state index in [1.54, 1.807) is 0 Å². The lowest BCUT2D eigenvalue weighted by Crippen LogP contribution is -2.39. The number of imide groups is 1. The molecule has 1 saturated carbocycles. The van der Waals surface area contributed by atoms with E-state index in [1.165, 1.54) is 43.1 Å². The van der Waals surface area contributed by atoms with Crippen molar-refractivity contribution < 1.29 is 14.3 Å². The van der Waals surface area contributed by atoms with Gasteiger partial charge in [0.05, 0.1) is 6.04 Å². The number of nitrogens with zero attached hydrogens (tertiary/aromatic N) is 2. The third kappa shape index (κ3) is 6.28. The van der Waals surface area contributed by atoms with Crippen molar-refractivity contribution in [1.29, 1.82) is 0 Å². The first-order valence-electron chi connectivity index (χ1n) is 11.3. The Morgan fingerprint density at radius 3 is 2.67 bits per heavy atom. The molecule has 5 nitrogen and oxygen atoms in total. The highest BCUT2D eigenvalue weighted by atomic mass is 16.6. The molecule has 5 heteroatoms. The quantitative estimate of drug-likeness (QED) is 0.437. The number of ether oxygens (including phenoxy) is 1. The molecule has 0 unspecified atom stereocenters. The second kappa shape index (κ2) is 11.1. The van der Waals surface area contributed by atoms with E-state index in [0.29, 0.717) is 18.4 Å². The van der Waals surface area contributed by atoms with E-state index in [0.717, 1.165) is 12.0 Å². The molecule has 30 heavy (non-hydrogen) atoms. The molecular weight excluding hydrogens is 376 g/mol. The number of carbonyl (C=O) groups excluding carboxylic acids is 2. The van der Waals surface area contributed by atoms with Crippen molar-refractivity contribution in [2.24, 2.45) is 16.8 Å². The van der Waals surface area contributed by atoms with Gasteiger partial charge in [-0.15, -0.1) is 0 Å². The van der Waals surface area contributed by atoms with E-state index in [4.69, 9.17) is 9.73 Å². The summed E-state index contributed by atoms with van der Waals surface area (Å²) in [6.45, 7) is 4.53. The van der Waals surface area contributed by atoms with Gasteiger partial charge in [0, 0.05) is 6.04 Å². The molecule has 2 aliphatic rings. The van der Waals surface area contributed by atoms with Crippen molar-refractivity contribution in [3.63, 3.8) is 0 Å². The van der Waals surface area contributed by atoms with Crippen LogP contribution in [0.15, 0.2) is 47.5 Å². The van der Waals surface area contributed by atoms with E-state index < -0.39 is 6.09 Å². The Kier molecular flexibility index (Phi) is 8.23. The highest BCUT2D eigenvalue weighted by Gasteiger charge is 2.36. The average Bonchev–Trinajstić information content (AvgIpc) is 3.13. The molecule has 2 amide bonds. The minimum Gasteiger partial charge on any atom is -0.447 e. The van der Waals surface area contributed by atoms with Gasteiger partial charge in [0.15, 0.2) is 0 Å². The molecule has 0 aromatic heterocycles. The van der Waals surface area contributed by atoms with Crippen LogP contribution in [-0.2, 0) is 16.0 Å². The van der Waals surface area contributed by atoms with Crippen molar-refractivity contribution >= 4 is 18.2 Å².